The van der Waals surface area contributed by atoms with Crippen LogP contribution in [0, 0.1) is 0 Å². The van der Waals surface area contributed by atoms with E-state index < -0.39 is 5.54 Å². The molecule has 0 aromatic carbocycles. The Morgan fingerprint density at radius 1 is 0.957 bits per heavy atom. The van der Waals surface area contributed by atoms with Crippen molar-refractivity contribution in [1.82, 2.24) is 15.0 Å². The Labute approximate surface area is 140 Å². The summed E-state index contributed by atoms with van der Waals surface area (Å²) < 4.78 is 1.74. The minimum absolute atomic E-state index is 0.347. The molecule has 0 aliphatic carbocycles. The maximum Gasteiger partial charge on any atom is 0.109 e. The number of unbranched alkanes of at least 4 members (excludes halogenated alkanes) is 9. The fourth-order valence-corrected chi connectivity index (χ4v) is 2.61. The van der Waals surface area contributed by atoms with E-state index in [-0.39, 0.29) is 13.2 Å². The standard InChI is InChI=1S/C17H34N4O2/c1-2-3-4-5-6-7-8-9-10-11-12-21-13-16(19-20-21)17(18,14-22)15-23/h13,22-23H,2-12,14-15,18H2,1H3. The number of aromatic nitrogens is 3. The van der Waals surface area contributed by atoms with Gasteiger partial charge in [-0.25, -0.2) is 0 Å². The van der Waals surface area contributed by atoms with Gasteiger partial charge in [0.1, 0.15) is 11.2 Å². The molecular formula is C17H34N4O2. The molecule has 1 aromatic rings. The van der Waals surface area contributed by atoms with Crippen LogP contribution in [0.2, 0.25) is 0 Å². The summed E-state index contributed by atoms with van der Waals surface area (Å²) >= 11 is 0. The van der Waals surface area contributed by atoms with Crippen LogP contribution in [-0.2, 0) is 12.1 Å². The minimum Gasteiger partial charge on any atom is -0.394 e. The van der Waals surface area contributed by atoms with Crippen molar-refractivity contribution in [3.63, 3.8) is 0 Å². The number of aryl methyl sites for hydroxylation is 1. The van der Waals surface area contributed by atoms with Crippen LogP contribution in [-0.4, -0.2) is 38.4 Å². The summed E-state index contributed by atoms with van der Waals surface area (Å²) in [5.41, 5.74) is 5.11. The van der Waals surface area contributed by atoms with Gasteiger partial charge in [0, 0.05) is 6.54 Å². The molecule has 0 radical (unpaired) electrons. The first-order chi connectivity index (χ1) is 11.2. The molecule has 23 heavy (non-hydrogen) atoms. The second-order valence-corrected chi connectivity index (χ2v) is 6.52. The predicted octanol–water partition coefficient (Wildman–Crippen LogP) is 2.34. The minimum atomic E-state index is -1.20. The van der Waals surface area contributed by atoms with E-state index in [1.54, 1.807) is 10.9 Å². The Bertz CT molecular complexity index is 405. The lowest BCUT2D eigenvalue weighted by Crippen LogP contribution is -2.44. The van der Waals surface area contributed by atoms with Gasteiger partial charge in [0.15, 0.2) is 0 Å². The lowest BCUT2D eigenvalue weighted by Gasteiger charge is -2.20. The van der Waals surface area contributed by atoms with E-state index in [0.717, 1.165) is 13.0 Å². The Kier molecular flexibility index (Phi) is 10.1. The van der Waals surface area contributed by atoms with Crippen LogP contribution in [0.3, 0.4) is 0 Å². The van der Waals surface area contributed by atoms with Gasteiger partial charge in [-0.05, 0) is 6.42 Å². The fourth-order valence-electron chi connectivity index (χ4n) is 2.61. The average Bonchev–Trinajstić information content (AvgIpc) is 3.05. The fraction of sp³-hybridized carbons (Fsp3) is 0.882. The zero-order valence-corrected chi connectivity index (χ0v) is 14.6. The number of aliphatic hydroxyl groups excluding tert-OH is 2. The second-order valence-electron chi connectivity index (χ2n) is 6.52. The van der Waals surface area contributed by atoms with Crippen LogP contribution < -0.4 is 5.73 Å². The molecule has 1 rings (SSSR count). The van der Waals surface area contributed by atoms with Crippen molar-refractivity contribution in [3.8, 4) is 0 Å². The van der Waals surface area contributed by atoms with Crippen LogP contribution in [0.25, 0.3) is 0 Å². The molecule has 1 heterocycles. The van der Waals surface area contributed by atoms with Crippen LogP contribution in [0.15, 0.2) is 6.20 Å². The molecular weight excluding hydrogens is 292 g/mol. The third-order valence-electron chi connectivity index (χ3n) is 4.35. The molecule has 0 saturated heterocycles. The van der Waals surface area contributed by atoms with E-state index in [1.807, 2.05) is 0 Å². The van der Waals surface area contributed by atoms with E-state index in [2.05, 4.69) is 17.2 Å². The van der Waals surface area contributed by atoms with Crippen LogP contribution in [0.4, 0.5) is 0 Å². The van der Waals surface area contributed by atoms with Gasteiger partial charge in [-0.1, -0.05) is 69.9 Å². The molecule has 0 aliphatic heterocycles. The highest BCUT2D eigenvalue weighted by Crippen LogP contribution is 2.14. The Balaban J connectivity index is 2.09. The van der Waals surface area contributed by atoms with E-state index in [4.69, 9.17) is 5.73 Å². The van der Waals surface area contributed by atoms with E-state index in [9.17, 15) is 10.2 Å². The molecule has 0 atom stereocenters. The summed E-state index contributed by atoms with van der Waals surface area (Å²) in [5, 5.41) is 26.5. The van der Waals surface area contributed by atoms with Gasteiger partial charge in [-0.2, -0.15) is 0 Å². The molecule has 0 unspecified atom stereocenters. The topological polar surface area (TPSA) is 97.2 Å². The van der Waals surface area contributed by atoms with Gasteiger partial charge >= 0.3 is 0 Å². The maximum atomic E-state index is 9.25. The zero-order valence-electron chi connectivity index (χ0n) is 14.6. The van der Waals surface area contributed by atoms with E-state index >= 15 is 0 Å². The molecule has 0 spiro atoms. The molecule has 6 heteroatoms. The molecule has 134 valence electrons. The maximum absolute atomic E-state index is 9.25. The van der Waals surface area contributed by atoms with Gasteiger partial charge in [0.2, 0.25) is 0 Å². The van der Waals surface area contributed by atoms with Gasteiger partial charge in [0.05, 0.1) is 19.4 Å². The van der Waals surface area contributed by atoms with Crippen molar-refractivity contribution in [2.24, 2.45) is 5.73 Å². The smallest absolute Gasteiger partial charge is 0.109 e. The van der Waals surface area contributed by atoms with Crippen molar-refractivity contribution >= 4 is 0 Å². The monoisotopic (exact) mass is 326 g/mol. The first kappa shape index (κ1) is 20.1. The van der Waals surface area contributed by atoms with Crippen LogP contribution >= 0.6 is 0 Å². The van der Waals surface area contributed by atoms with E-state index in [1.165, 1.54) is 57.8 Å². The summed E-state index contributed by atoms with van der Waals surface area (Å²) in [6, 6.07) is 0. The van der Waals surface area contributed by atoms with Crippen molar-refractivity contribution in [1.29, 1.82) is 0 Å². The summed E-state index contributed by atoms with van der Waals surface area (Å²) in [5.74, 6) is 0. The SMILES string of the molecule is CCCCCCCCCCCCn1cc(C(N)(CO)CO)nn1. The third kappa shape index (κ3) is 7.42. The first-order valence-electron chi connectivity index (χ1n) is 9.07. The summed E-state index contributed by atoms with van der Waals surface area (Å²) in [7, 11) is 0. The number of hydrogen-bond donors (Lipinski definition) is 3. The largest absolute Gasteiger partial charge is 0.394 e. The zero-order chi connectivity index (χ0) is 17.0. The molecule has 0 aliphatic rings. The van der Waals surface area contributed by atoms with Gasteiger partial charge in [-0.15, -0.1) is 5.10 Å². The molecule has 6 nitrogen and oxygen atoms in total. The Morgan fingerprint density at radius 2 is 1.48 bits per heavy atom. The summed E-state index contributed by atoms with van der Waals surface area (Å²) in [6.45, 7) is 2.36. The van der Waals surface area contributed by atoms with E-state index in [0.29, 0.717) is 5.69 Å². The van der Waals surface area contributed by atoms with Crippen molar-refractivity contribution in [2.45, 2.75) is 83.2 Å². The van der Waals surface area contributed by atoms with Gasteiger partial charge in [-0.3, -0.25) is 4.68 Å². The summed E-state index contributed by atoms with van der Waals surface area (Å²) in [6.07, 6.45) is 14.7. The van der Waals surface area contributed by atoms with Crippen LogP contribution in [0.1, 0.15) is 76.8 Å². The molecule has 0 fully saturated rings. The van der Waals surface area contributed by atoms with Crippen molar-refractivity contribution < 1.29 is 10.2 Å². The van der Waals surface area contributed by atoms with Crippen LogP contribution in [0.5, 0.6) is 0 Å². The molecule has 0 bridgehead atoms. The second kappa shape index (κ2) is 11.5. The molecule has 0 amide bonds. The first-order valence-corrected chi connectivity index (χ1v) is 9.07. The van der Waals surface area contributed by atoms with Crippen molar-refractivity contribution in [2.75, 3.05) is 13.2 Å². The number of hydrogen-bond acceptors (Lipinski definition) is 5. The number of rotatable bonds is 14. The normalized spacial score (nSPS) is 12.0. The highest BCUT2D eigenvalue weighted by atomic mass is 16.3. The lowest BCUT2D eigenvalue weighted by atomic mass is 10.0. The quantitative estimate of drug-likeness (QED) is 0.456. The Morgan fingerprint density at radius 3 is 2.00 bits per heavy atom. The van der Waals surface area contributed by atoms with Crippen molar-refractivity contribution in [3.05, 3.63) is 11.9 Å². The molecule has 1 aromatic heterocycles. The number of aliphatic hydroxyl groups is 2. The highest BCUT2D eigenvalue weighted by molar-refractivity contribution is 5.09. The number of nitrogens with zero attached hydrogens (tertiary/aromatic N) is 3. The molecule has 0 saturated carbocycles. The van der Waals surface area contributed by atoms with Gasteiger partial charge in [0.25, 0.3) is 0 Å². The molecule has 4 N–H and O–H groups in total. The summed E-state index contributed by atoms with van der Waals surface area (Å²) in [4.78, 5) is 0. The Hall–Kier alpha value is -0.980. The third-order valence-corrected chi connectivity index (χ3v) is 4.35. The van der Waals surface area contributed by atoms with Gasteiger partial charge < -0.3 is 15.9 Å². The predicted molar refractivity (Wildman–Crippen MR) is 91.9 cm³/mol. The highest BCUT2D eigenvalue weighted by Gasteiger charge is 2.29. The average molecular weight is 326 g/mol. The lowest BCUT2D eigenvalue weighted by molar-refractivity contribution is 0.118. The number of nitrogens with two attached hydrogens (primary N) is 1.